The van der Waals surface area contributed by atoms with Crippen LogP contribution in [0.3, 0.4) is 0 Å². The molecule has 0 aromatic carbocycles. The SMILES string of the molecule is CC(C)CCNC(=O)C(C)N[C@@H](C)C1CCCCC1. The van der Waals surface area contributed by atoms with E-state index in [1.54, 1.807) is 0 Å². The van der Waals surface area contributed by atoms with E-state index in [1.807, 2.05) is 6.92 Å². The molecule has 0 aromatic heterocycles. The first-order chi connectivity index (χ1) is 9.00. The second-order valence-corrected chi connectivity index (χ2v) is 6.55. The highest BCUT2D eigenvalue weighted by Gasteiger charge is 2.23. The highest BCUT2D eigenvalue weighted by atomic mass is 16.2. The van der Waals surface area contributed by atoms with Gasteiger partial charge in [-0.25, -0.2) is 0 Å². The van der Waals surface area contributed by atoms with Crippen LogP contribution in [0.2, 0.25) is 0 Å². The molecule has 0 heterocycles. The molecule has 2 N–H and O–H groups in total. The van der Waals surface area contributed by atoms with Gasteiger partial charge in [0.15, 0.2) is 0 Å². The molecular formula is C16H32N2O. The van der Waals surface area contributed by atoms with Crippen LogP contribution in [-0.2, 0) is 4.79 Å². The van der Waals surface area contributed by atoms with Crippen molar-refractivity contribution >= 4 is 5.91 Å². The first-order valence-corrected chi connectivity index (χ1v) is 8.04. The standard InChI is InChI=1S/C16H32N2O/c1-12(2)10-11-17-16(19)14(4)18-13(3)15-8-6-5-7-9-15/h12-15,18H,5-11H2,1-4H3,(H,17,19)/t13-,14?/m0/s1. The van der Waals surface area contributed by atoms with Gasteiger partial charge in [-0.3, -0.25) is 4.79 Å². The maximum absolute atomic E-state index is 12.0. The smallest absolute Gasteiger partial charge is 0.236 e. The quantitative estimate of drug-likeness (QED) is 0.745. The number of rotatable bonds is 7. The second kappa shape index (κ2) is 8.57. The average molecular weight is 268 g/mol. The Morgan fingerprint density at radius 2 is 1.74 bits per heavy atom. The molecule has 1 aliphatic carbocycles. The van der Waals surface area contributed by atoms with Crippen molar-refractivity contribution < 1.29 is 4.79 Å². The molecule has 112 valence electrons. The highest BCUT2D eigenvalue weighted by Crippen LogP contribution is 2.26. The minimum atomic E-state index is -0.0795. The zero-order valence-electron chi connectivity index (χ0n) is 13.2. The van der Waals surface area contributed by atoms with Crippen LogP contribution in [0, 0.1) is 11.8 Å². The van der Waals surface area contributed by atoms with E-state index in [2.05, 4.69) is 31.4 Å². The van der Waals surface area contributed by atoms with Gasteiger partial charge in [-0.05, 0) is 44.9 Å². The molecule has 0 radical (unpaired) electrons. The molecule has 1 aliphatic rings. The lowest BCUT2D eigenvalue weighted by Crippen LogP contribution is -2.48. The van der Waals surface area contributed by atoms with Gasteiger partial charge in [-0.15, -0.1) is 0 Å². The summed E-state index contributed by atoms with van der Waals surface area (Å²) in [6, 6.07) is 0.371. The van der Waals surface area contributed by atoms with E-state index in [0.717, 1.165) is 18.9 Å². The molecule has 0 bridgehead atoms. The lowest BCUT2D eigenvalue weighted by Gasteiger charge is -2.30. The van der Waals surface area contributed by atoms with Crippen LogP contribution in [-0.4, -0.2) is 24.5 Å². The second-order valence-electron chi connectivity index (χ2n) is 6.55. The molecule has 1 rings (SSSR count). The topological polar surface area (TPSA) is 41.1 Å². The van der Waals surface area contributed by atoms with Crippen molar-refractivity contribution in [2.24, 2.45) is 11.8 Å². The predicted molar refractivity (Wildman–Crippen MR) is 81.1 cm³/mol. The maximum Gasteiger partial charge on any atom is 0.236 e. The van der Waals surface area contributed by atoms with E-state index < -0.39 is 0 Å². The van der Waals surface area contributed by atoms with Crippen molar-refractivity contribution in [2.45, 2.75) is 78.3 Å². The maximum atomic E-state index is 12.0. The van der Waals surface area contributed by atoms with Crippen molar-refractivity contribution in [3.8, 4) is 0 Å². The third-order valence-electron chi connectivity index (χ3n) is 4.28. The Hall–Kier alpha value is -0.570. The molecular weight excluding hydrogens is 236 g/mol. The number of hydrogen-bond acceptors (Lipinski definition) is 2. The van der Waals surface area contributed by atoms with Gasteiger partial charge in [0.05, 0.1) is 6.04 Å². The van der Waals surface area contributed by atoms with Crippen LogP contribution >= 0.6 is 0 Å². The highest BCUT2D eigenvalue weighted by molar-refractivity contribution is 5.81. The summed E-state index contributed by atoms with van der Waals surface area (Å²) in [5.41, 5.74) is 0. The molecule has 1 saturated carbocycles. The molecule has 3 nitrogen and oxygen atoms in total. The van der Waals surface area contributed by atoms with Crippen molar-refractivity contribution in [3.63, 3.8) is 0 Å². The van der Waals surface area contributed by atoms with Gasteiger partial charge >= 0.3 is 0 Å². The number of nitrogens with one attached hydrogen (secondary N) is 2. The minimum absolute atomic E-state index is 0.0795. The van der Waals surface area contributed by atoms with Crippen molar-refractivity contribution in [1.29, 1.82) is 0 Å². The van der Waals surface area contributed by atoms with E-state index in [-0.39, 0.29) is 11.9 Å². The Balaban J connectivity index is 2.24. The predicted octanol–water partition coefficient (Wildman–Crippen LogP) is 3.10. The van der Waals surface area contributed by atoms with Gasteiger partial charge in [0.2, 0.25) is 5.91 Å². The fraction of sp³-hybridized carbons (Fsp3) is 0.938. The summed E-state index contributed by atoms with van der Waals surface area (Å²) < 4.78 is 0. The molecule has 3 heteroatoms. The lowest BCUT2D eigenvalue weighted by molar-refractivity contribution is -0.123. The van der Waals surface area contributed by atoms with Gasteiger partial charge in [-0.2, -0.15) is 0 Å². The Morgan fingerprint density at radius 3 is 2.32 bits per heavy atom. The fourth-order valence-corrected chi connectivity index (χ4v) is 2.88. The average Bonchev–Trinajstić information content (AvgIpc) is 2.39. The Bertz CT molecular complexity index is 259. The number of amides is 1. The summed E-state index contributed by atoms with van der Waals surface area (Å²) in [5.74, 6) is 1.53. The van der Waals surface area contributed by atoms with Crippen LogP contribution < -0.4 is 10.6 Å². The zero-order chi connectivity index (χ0) is 14.3. The van der Waals surface area contributed by atoms with Crippen LogP contribution in [0.25, 0.3) is 0 Å². The summed E-state index contributed by atoms with van der Waals surface area (Å²) in [4.78, 5) is 12.0. The molecule has 0 aliphatic heterocycles. The number of carbonyl (C=O) groups is 1. The normalized spacial score (nSPS) is 20.3. The summed E-state index contributed by atoms with van der Waals surface area (Å²) in [6.07, 6.45) is 7.77. The molecule has 0 spiro atoms. The van der Waals surface area contributed by atoms with E-state index >= 15 is 0 Å². The molecule has 1 unspecified atom stereocenters. The van der Waals surface area contributed by atoms with Crippen molar-refractivity contribution in [2.75, 3.05) is 6.54 Å². The van der Waals surface area contributed by atoms with Crippen LogP contribution in [0.15, 0.2) is 0 Å². The molecule has 19 heavy (non-hydrogen) atoms. The monoisotopic (exact) mass is 268 g/mol. The Kier molecular flexibility index (Phi) is 7.44. The molecule has 0 aromatic rings. The third-order valence-corrected chi connectivity index (χ3v) is 4.28. The molecule has 1 fully saturated rings. The summed E-state index contributed by atoms with van der Waals surface area (Å²) in [7, 11) is 0. The van der Waals surface area contributed by atoms with Gasteiger partial charge < -0.3 is 10.6 Å². The van der Waals surface area contributed by atoms with Crippen LogP contribution in [0.1, 0.15) is 66.2 Å². The van der Waals surface area contributed by atoms with E-state index in [9.17, 15) is 4.79 Å². The van der Waals surface area contributed by atoms with E-state index in [0.29, 0.717) is 12.0 Å². The van der Waals surface area contributed by atoms with Crippen molar-refractivity contribution in [1.82, 2.24) is 10.6 Å². The lowest BCUT2D eigenvalue weighted by atomic mass is 9.84. The Labute approximate surface area is 118 Å². The summed E-state index contributed by atoms with van der Waals surface area (Å²) in [6.45, 7) is 9.36. The van der Waals surface area contributed by atoms with Gasteiger partial charge in [0, 0.05) is 12.6 Å². The first kappa shape index (κ1) is 16.5. The van der Waals surface area contributed by atoms with Crippen LogP contribution in [0.5, 0.6) is 0 Å². The van der Waals surface area contributed by atoms with Crippen molar-refractivity contribution in [3.05, 3.63) is 0 Å². The minimum Gasteiger partial charge on any atom is -0.355 e. The van der Waals surface area contributed by atoms with Gasteiger partial charge in [0.25, 0.3) is 0 Å². The van der Waals surface area contributed by atoms with Gasteiger partial charge in [0.1, 0.15) is 0 Å². The Morgan fingerprint density at radius 1 is 1.11 bits per heavy atom. The third kappa shape index (κ3) is 6.42. The first-order valence-electron chi connectivity index (χ1n) is 8.04. The zero-order valence-corrected chi connectivity index (χ0v) is 13.2. The summed E-state index contributed by atoms with van der Waals surface area (Å²) >= 11 is 0. The van der Waals surface area contributed by atoms with E-state index in [1.165, 1.54) is 32.1 Å². The molecule has 0 saturated heterocycles. The summed E-state index contributed by atoms with van der Waals surface area (Å²) in [5, 5.41) is 6.50. The van der Waals surface area contributed by atoms with Crippen LogP contribution in [0.4, 0.5) is 0 Å². The molecule has 2 atom stereocenters. The van der Waals surface area contributed by atoms with Gasteiger partial charge in [-0.1, -0.05) is 33.1 Å². The number of hydrogen-bond donors (Lipinski definition) is 2. The largest absolute Gasteiger partial charge is 0.355 e. The molecule has 1 amide bonds. The van der Waals surface area contributed by atoms with E-state index in [4.69, 9.17) is 0 Å². The number of carbonyl (C=O) groups excluding carboxylic acids is 1. The fourth-order valence-electron chi connectivity index (χ4n) is 2.88.